The number of hydrogen-bond acceptors (Lipinski definition) is 5. The lowest BCUT2D eigenvalue weighted by Crippen LogP contribution is -2.14. The van der Waals surface area contributed by atoms with E-state index in [1.165, 1.54) is 24.2 Å². The zero-order chi connectivity index (χ0) is 17.9. The van der Waals surface area contributed by atoms with E-state index in [-0.39, 0.29) is 5.91 Å². The van der Waals surface area contributed by atoms with Crippen molar-refractivity contribution in [2.24, 2.45) is 5.92 Å². The molecule has 1 heterocycles. The molecule has 2 N–H and O–H groups in total. The Kier molecular flexibility index (Phi) is 5.39. The number of thiazole rings is 1. The number of aromatic nitrogens is 1. The standard InChI is InChI=1S/C17H21N3O3S2/c1-25(22,23)20-14-8-6-13(7-9-14)15-11-24-17(18-15)19-16(21)10-12-4-2-3-5-12/h6-9,11-12,20H,2-5,10H2,1H3,(H,18,19,21). The number of hydrogen-bond donors (Lipinski definition) is 2. The van der Waals surface area contributed by atoms with Crippen LogP contribution in [0.3, 0.4) is 0 Å². The Morgan fingerprint density at radius 2 is 1.92 bits per heavy atom. The molecule has 1 amide bonds. The predicted molar refractivity (Wildman–Crippen MR) is 101 cm³/mol. The number of nitrogens with one attached hydrogen (secondary N) is 2. The van der Waals surface area contributed by atoms with Gasteiger partial charge in [-0.15, -0.1) is 11.3 Å². The van der Waals surface area contributed by atoms with Crippen molar-refractivity contribution in [1.82, 2.24) is 4.98 Å². The Bertz CT molecular complexity index is 838. The average molecular weight is 380 g/mol. The molecule has 0 atom stereocenters. The average Bonchev–Trinajstić information content (AvgIpc) is 3.18. The van der Waals surface area contributed by atoms with Gasteiger partial charge in [-0.1, -0.05) is 25.0 Å². The van der Waals surface area contributed by atoms with Crippen molar-refractivity contribution >= 4 is 38.1 Å². The summed E-state index contributed by atoms with van der Waals surface area (Å²) in [5.74, 6) is 0.537. The number of carbonyl (C=O) groups is 1. The maximum atomic E-state index is 12.1. The van der Waals surface area contributed by atoms with Gasteiger partial charge in [0, 0.05) is 23.1 Å². The van der Waals surface area contributed by atoms with Crippen LogP contribution < -0.4 is 10.0 Å². The molecule has 1 aromatic carbocycles. The molecule has 1 saturated carbocycles. The van der Waals surface area contributed by atoms with Crippen molar-refractivity contribution < 1.29 is 13.2 Å². The number of rotatable bonds is 6. The van der Waals surface area contributed by atoms with Crippen LogP contribution in [0.25, 0.3) is 11.3 Å². The molecule has 2 aromatic rings. The van der Waals surface area contributed by atoms with E-state index in [1.54, 1.807) is 24.3 Å². The van der Waals surface area contributed by atoms with Crippen LogP contribution in [0, 0.1) is 5.92 Å². The van der Waals surface area contributed by atoms with Gasteiger partial charge in [0.25, 0.3) is 0 Å². The molecule has 1 aliphatic carbocycles. The zero-order valence-corrected chi connectivity index (χ0v) is 15.6. The lowest BCUT2D eigenvalue weighted by atomic mass is 10.0. The first-order valence-electron chi connectivity index (χ1n) is 8.23. The quantitative estimate of drug-likeness (QED) is 0.801. The summed E-state index contributed by atoms with van der Waals surface area (Å²) in [4.78, 5) is 16.5. The molecule has 0 aliphatic heterocycles. The third-order valence-electron chi connectivity index (χ3n) is 4.18. The normalized spacial score (nSPS) is 15.2. The molecule has 1 aromatic heterocycles. The summed E-state index contributed by atoms with van der Waals surface area (Å²) in [5.41, 5.74) is 2.13. The molecule has 0 saturated heterocycles. The van der Waals surface area contributed by atoms with E-state index in [4.69, 9.17) is 0 Å². The molecular weight excluding hydrogens is 358 g/mol. The minimum absolute atomic E-state index is 0.0282. The van der Waals surface area contributed by atoms with E-state index in [0.29, 0.717) is 23.2 Å². The molecule has 0 unspecified atom stereocenters. The summed E-state index contributed by atoms with van der Waals surface area (Å²) in [6, 6.07) is 6.97. The molecule has 8 heteroatoms. The Morgan fingerprint density at radius 3 is 2.56 bits per heavy atom. The summed E-state index contributed by atoms with van der Waals surface area (Å²) in [6.07, 6.45) is 6.42. The van der Waals surface area contributed by atoms with Gasteiger partial charge in [0.05, 0.1) is 11.9 Å². The number of anilines is 2. The van der Waals surface area contributed by atoms with E-state index < -0.39 is 10.0 Å². The third kappa shape index (κ3) is 5.27. The smallest absolute Gasteiger partial charge is 0.229 e. The molecule has 0 bridgehead atoms. The largest absolute Gasteiger partial charge is 0.302 e. The van der Waals surface area contributed by atoms with Crippen molar-refractivity contribution in [1.29, 1.82) is 0 Å². The van der Waals surface area contributed by atoms with Gasteiger partial charge in [-0.05, 0) is 30.9 Å². The fourth-order valence-corrected chi connectivity index (χ4v) is 4.33. The summed E-state index contributed by atoms with van der Waals surface area (Å²) in [5, 5.41) is 5.35. The Hall–Kier alpha value is -1.93. The fourth-order valence-electron chi connectivity index (χ4n) is 3.03. The first-order chi connectivity index (χ1) is 11.9. The highest BCUT2D eigenvalue weighted by Crippen LogP contribution is 2.29. The maximum absolute atomic E-state index is 12.1. The van der Waals surface area contributed by atoms with Crippen molar-refractivity contribution in [2.45, 2.75) is 32.1 Å². The Labute approximate surface area is 151 Å². The number of benzene rings is 1. The number of amides is 1. The van der Waals surface area contributed by atoms with Crippen LogP contribution in [0.15, 0.2) is 29.6 Å². The van der Waals surface area contributed by atoms with Crippen molar-refractivity contribution in [3.05, 3.63) is 29.6 Å². The summed E-state index contributed by atoms with van der Waals surface area (Å²) >= 11 is 1.39. The predicted octanol–water partition coefficient (Wildman–Crippen LogP) is 3.70. The lowest BCUT2D eigenvalue weighted by molar-refractivity contribution is -0.117. The van der Waals surface area contributed by atoms with Crippen LogP contribution in [0.4, 0.5) is 10.8 Å². The Balaban J connectivity index is 1.61. The van der Waals surface area contributed by atoms with Crippen molar-refractivity contribution in [3.8, 4) is 11.3 Å². The topological polar surface area (TPSA) is 88.2 Å². The molecular formula is C17H21N3O3S2. The number of sulfonamides is 1. The summed E-state index contributed by atoms with van der Waals surface area (Å²) < 4.78 is 24.9. The van der Waals surface area contributed by atoms with Crippen molar-refractivity contribution in [3.63, 3.8) is 0 Å². The van der Waals surface area contributed by atoms with Crippen LogP contribution in [0.2, 0.25) is 0 Å². The molecule has 1 aliphatic rings. The number of carbonyl (C=O) groups excluding carboxylic acids is 1. The van der Waals surface area contributed by atoms with Gasteiger partial charge in [0.15, 0.2) is 5.13 Å². The van der Waals surface area contributed by atoms with Gasteiger partial charge in [0.2, 0.25) is 15.9 Å². The van der Waals surface area contributed by atoms with Gasteiger partial charge in [-0.25, -0.2) is 13.4 Å². The fraction of sp³-hybridized carbons (Fsp3) is 0.412. The Morgan fingerprint density at radius 1 is 1.24 bits per heavy atom. The van der Waals surface area contributed by atoms with Gasteiger partial charge < -0.3 is 5.32 Å². The van der Waals surface area contributed by atoms with Crippen LogP contribution in [-0.2, 0) is 14.8 Å². The van der Waals surface area contributed by atoms with E-state index in [0.717, 1.165) is 30.4 Å². The first-order valence-corrected chi connectivity index (χ1v) is 11.0. The molecule has 6 nitrogen and oxygen atoms in total. The SMILES string of the molecule is CS(=O)(=O)Nc1ccc(-c2csc(NC(=O)CC3CCCC3)n2)cc1. The molecule has 25 heavy (non-hydrogen) atoms. The molecule has 0 spiro atoms. The van der Waals surface area contributed by atoms with Crippen LogP contribution in [-0.4, -0.2) is 25.6 Å². The van der Waals surface area contributed by atoms with E-state index in [2.05, 4.69) is 15.0 Å². The molecule has 1 fully saturated rings. The maximum Gasteiger partial charge on any atom is 0.229 e. The second-order valence-corrected chi connectivity index (χ2v) is 9.00. The monoisotopic (exact) mass is 379 g/mol. The second kappa shape index (κ2) is 7.53. The lowest BCUT2D eigenvalue weighted by Gasteiger charge is -2.07. The van der Waals surface area contributed by atoms with Gasteiger partial charge in [0.1, 0.15) is 0 Å². The molecule has 134 valence electrons. The van der Waals surface area contributed by atoms with E-state index in [9.17, 15) is 13.2 Å². The highest BCUT2D eigenvalue weighted by Gasteiger charge is 2.19. The van der Waals surface area contributed by atoms with Gasteiger partial charge >= 0.3 is 0 Å². The first kappa shape index (κ1) is 17.9. The molecule has 0 radical (unpaired) electrons. The highest BCUT2D eigenvalue weighted by atomic mass is 32.2. The van der Waals surface area contributed by atoms with Gasteiger partial charge in [-0.2, -0.15) is 0 Å². The zero-order valence-electron chi connectivity index (χ0n) is 14.0. The van der Waals surface area contributed by atoms with Crippen molar-refractivity contribution in [2.75, 3.05) is 16.3 Å². The van der Waals surface area contributed by atoms with E-state index in [1.807, 2.05) is 5.38 Å². The van der Waals surface area contributed by atoms with Crippen LogP contribution >= 0.6 is 11.3 Å². The second-order valence-electron chi connectivity index (χ2n) is 6.39. The highest BCUT2D eigenvalue weighted by molar-refractivity contribution is 7.92. The summed E-state index contributed by atoms with van der Waals surface area (Å²) in [6.45, 7) is 0. The molecule has 3 rings (SSSR count). The van der Waals surface area contributed by atoms with E-state index >= 15 is 0 Å². The van der Waals surface area contributed by atoms with Crippen LogP contribution in [0.1, 0.15) is 32.1 Å². The third-order valence-corrected chi connectivity index (χ3v) is 5.55. The number of nitrogens with zero attached hydrogens (tertiary/aromatic N) is 1. The minimum Gasteiger partial charge on any atom is -0.302 e. The minimum atomic E-state index is -3.29. The summed E-state index contributed by atoms with van der Waals surface area (Å²) in [7, 11) is -3.29. The van der Waals surface area contributed by atoms with Gasteiger partial charge in [-0.3, -0.25) is 9.52 Å². The van der Waals surface area contributed by atoms with Crippen LogP contribution in [0.5, 0.6) is 0 Å².